The van der Waals surface area contributed by atoms with Crippen LogP contribution >= 0.6 is 22.9 Å². The molecule has 0 aliphatic rings. The highest BCUT2D eigenvalue weighted by molar-refractivity contribution is 7.23. The summed E-state index contributed by atoms with van der Waals surface area (Å²) in [5.74, 6) is 0.555. The van der Waals surface area contributed by atoms with Crippen molar-refractivity contribution in [1.82, 2.24) is 9.88 Å². The summed E-state index contributed by atoms with van der Waals surface area (Å²) in [6.07, 6.45) is 0. The molecule has 0 unspecified atom stereocenters. The highest BCUT2D eigenvalue weighted by Crippen LogP contribution is 2.39. The van der Waals surface area contributed by atoms with Crippen molar-refractivity contribution >= 4 is 55.0 Å². The molecule has 0 radical (unpaired) electrons. The molecule has 0 aliphatic carbocycles. The minimum atomic E-state index is -0.0863. The lowest BCUT2D eigenvalue weighted by Gasteiger charge is -2.22. The van der Waals surface area contributed by atoms with Crippen molar-refractivity contribution < 1.29 is 9.53 Å². The van der Waals surface area contributed by atoms with E-state index in [1.807, 2.05) is 61.5 Å². The van der Waals surface area contributed by atoms with Gasteiger partial charge in [-0.05, 0) is 49.1 Å². The average Bonchev–Trinajstić information content (AvgIpc) is 3.19. The zero-order valence-corrected chi connectivity index (χ0v) is 18.6. The summed E-state index contributed by atoms with van der Waals surface area (Å²) in [7, 11) is 5.57. The Labute approximate surface area is 184 Å². The highest BCUT2D eigenvalue weighted by atomic mass is 35.5. The lowest BCUT2D eigenvalue weighted by molar-refractivity contribution is 0.0985. The lowest BCUT2D eigenvalue weighted by Crippen LogP contribution is -2.36. The van der Waals surface area contributed by atoms with E-state index in [2.05, 4.69) is 0 Å². The molecule has 0 aliphatic heterocycles. The molecule has 154 valence electrons. The third-order valence-electron chi connectivity index (χ3n) is 4.91. The Morgan fingerprint density at radius 1 is 1.07 bits per heavy atom. The van der Waals surface area contributed by atoms with E-state index in [1.54, 1.807) is 24.1 Å². The number of halogens is 1. The molecular weight excluding hydrogens is 418 g/mol. The Balaban J connectivity index is 1.78. The second-order valence-electron chi connectivity index (χ2n) is 7.25. The zero-order chi connectivity index (χ0) is 21.3. The van der Waals surface area contributed by atoms with Crippen LogP contribution in [-0.2, 0) is 0 Å². The third kappa shape index (κ3) is 3.99. The van der Waals surface area contributed by atoms with E-state index in [9.17, 15) is 4.79 Å². The summed E-state index contributed by atoms with van der Waals surface area (Å²) in [5, 5.41) is 3.34. The van der Waals surface area contributed by atoms with Crippen LogP contribution in [0.5, 0.6) is 5.75 Å². The Morgan fingerprint density at radius 2 is 1.83 bits per heavy atom. The number of thiazole rings is 1. The SMILES string of the molecule is COc1ccc(Cl)c2sc(N(CCN(C)C)C(=O)c3ccc4ccccc4c3)nc12. The second-order valence-corrected chi connectivity index (χ2v) is 8.63. The minimum absolute atomic E-state index is 0.0863. The van der Waals surface area contributed by atoms with E-state index < -0.39 is 0 Å². The Kier molecular flexibility index (Phi) is 5.90. The molecule has 0 fully saturated rings. The fourth-order valence-corrected chi connectivity index (χ4v) is 4.56. The molecule has 1 amide bonds. The first-order valence-electron chi connectivity index (χ1n) is 9.56. The molecule has 1 aromatic heterocycles. The third-order valence-corrected chi connectivity index (χ3v) is 6.45. The van der Waals surface area contributed by atoms with Gasteiger partial charge in [0, 0.05) is 18.7 Å². The predicted molar refractivity (Wildman–Crippen MR) is 125 cm³/mol. The van der Waals surface area contributed by atoms with Crippen LogP contribution in [-0.4, -0.2) is 50.1 Å². The van der Waals surface area contributed by atoms with Crippen LogP contribution in [0.4, 0.5) is 5.13 Å². The van der Waals surface area contributed by atoms with Gasteiger partial charge < -0.3 is 9.64 Å². The topological polar surface area (TPSA) is 45.7 Å². The first-order valence-corrected chi connectivity index (χ1v) is 10.8. The monoisotopic (exact) mass is 439 g/mol. The van der Waals surface area contributed by atoms with Crippen LogP contribution in [0.2, 0.25) is 5.02 Å². The van der Waals surface area contributed by atoms with Crippen LogP contribution in [0, 0.1) is 0 Å². The summed E-state index contributed by atoms with van der Waals surface area (Å²) in [6.45, 7) is 1.22. The maximum Gasteiger partial charge on any atom is 0.260 e. The average molecular weight is 440 g/mol. The number of aromatic nitrogens is 1. The first-order chi connectivity index (χ1) is 14.5. The van der Waals surface area contributed by atoms with Crippen LogP contribution in [0.25, 0.3) is 21.0 Å². The fraction of sp³-hybridized carbons (Fsp3) is 0.217. The van der Waals surface area contributed by atoms with Crippen molar-refractivity contribution in [2.24, 2.45) is 0 Å². The van der Waals surface area contributed by atoms with Gasteiger partial charge in [0.2, 0.25) is 0 Å². The maximum absolute atomic E-state index is 13.5. The van der Waals surface area contributed by atoms with Crippen molar-refractivity contribution in [1.29, 1.82) is 0 Å². The molecule has 4 rings (SSSR count). The number of fused-ring (bicyclic) bond motifs is 2. The van der Waals surface area contributed by atoms with Crippen molar-refractivity contribution in [2.45, 2.75) is 0 Å². The summed E-state index contributed by atoms with van der Waals surface area (Å²) in [4.78, 5) is 22.0. The van der Waals surface area contributed by atoms with Crippen molar-refractivity contribution in [3.8, 4) is 5.75 Å². The van der Waals surface area contributed by atoms with Gasteiger partial charge in [0.05, 0.1) is 16.8 Å². The van der Waals surface area contributed by atoms with E-state index in [1.165, 1.54) is 11.3 Å². The predicted octanol–water partition coefficient (Wildman–Crippen LogP) is 5.32. The normalized spacial score (nSPS) is 11.4. The number of methoxy groups -OCH3 is 1. The minimum Gasteiger partial charge on any atom is -0.494 e. The summed E-state index contributed by atoms with van der Waals surface area (Å²) in [6, 6.07) is 17.4. The molecule has 1 heterocycles. The number of nitrogens with zero attached hydrogens (tertiary/aromatic N) is 3. The smallest absolute Gasteiger partial charge is 0.260 e. The molecule has 5 nitrogen and oxygen atoms in total. The number of hydrogen-bond donors (Lipinski definition) is 0. The largest absolute Gasteiger partial charge is 0.494 e. The number of benzene rings is 3. The molecule has 0 atom stereocenters. The van der Waals surface area contributed by atoms with Gasteiger partial charge in [-0.2, -0.15) is 0 Å². The number of anilines is 1. The van der Waals surface area contributed by atoms with Crippen molar-refractivity contribution in [3.05, 3.63) is 65.2 Å². The molecule has 0 N–H and O–H groups in total. The molecule has 0 saturated heterocycles. The van der Waals surface area contributed by atoms with E-state index in [4.69, 9.17) is 21.3 Å². The van der Waals surface area contributed by atoms with Crippen LogP contribution in [0.3, 0.4) is 0 Å². The van der Waals surface area contributed by atoms with E-state index >= 15 is 0 Å². The Morgan fingerprint density at radius 3 is 2.57 bits per heavy atom. The first kappa shape index (κ1) is 20.6. The Hall–Kier alpha value is -2.67. The number of likely N-dealkylation sites (N-methyl/N-ethyl adjacent to an activating group) is 1. The maximum atomic E-state index is 13.5. The van der Waals surface area contributed by atoms with Crippen molar-refractivity contribution in [3.63, 3.8) is 0 Å². The lowest BCUT2D eigenvalue weighted by atomic mass is 10.1. The molecule has 4 aromatic rings. The number of amides is 1. The summed E-state index contributed by atoms with van der Waals surface area (Å²) < 4.78 is 6.25. The number of carbonyl (C=O) groups is 1. The van der Waals surface area contributed by atoms with Gasteiger partial charge in [-0.25, -0.2) is 4.98 Å². The molecule has 0 bridgehead atoms. The van der Waals surface area contributed by atoms with Gasteiger partial charge in [-0.1, -0.05) is 53.3 Å². The number of ether oxygens (including phenoxy) is 1. The van der Waals surface area contributed by atoms with E-state index in [0.717, 1.165) is 15.5 Å². The molecule has 0 saturated carbocycles. The van der Waals surface area contributed by atoms with Crippen LogP contribution in [0.15, 0.2) is 54.6 Å². The highest BCUT2D eigenvalue weighted by Gasteiger charge is 2.23. The van der Waals surface area contributed by atoms with Gasteiger partial charge >= 0.3 is 0 Å². The molecule has 3 aromatic carbocycles. The van der Waals surface area contributed by atoms with Gasteiger partial charge in [-0.3, -0.25) is 9.69 Å². The molecule has 0 spiro atoms. The number of carbonyl (C=O) groups excluding carboxylic acids is 1. The molecular formula is C23H22ClN3O2S. The van der Waals surface area contributed by atoms with Crippen LogP contribution in [0.1, 0.15) is 10.4 Å². The van der Waals surface area contributed by atoms with Crippen LogP contribution < -0.4 is 9.64 Å². The standard InChI is InChI=1S/C23H22ClN3O2S/c1-26(2)12-13-27(22(28)17-9-8-15-6-4-5-7-16(15)14-17)23-25-20-19(29-3)11-10-18(24)21(20)30-23/h4-11,14H,12-13H2,1-3H3. The second kappa shape index (κ2) is 8.60. The molecule has 7 heteroatoms. The van der Waals surface area contributed by atoms with Gasteiger partial charge in [0.15, 0.2) is 5.13 Å². The van der Waals surface area contributed by atoms with E-state index in [0.29, 0.717) is 40.1 Å². The zero-order valence-electron chi connectivity index (χ0n) is 17.1. The quantitative estimate of drug-likeness (QED) is 0.408. The summed E-state index contributed by atoms with van der Waals surface area (Å²) in [5.41, 5.74) is 1.30. The number of rotatable bonds is 6. The molecule has 30 heavy (non-hydrogen) atoms. The van der Waals surface area contributed by atoms with Crippen molar-refractivity contribution in [2.75, 3.05) is 39.2 Å². The van der Waals surface area contributed by atoms with Gasteiger partial charge in [0.1, 0.15) is 11.3 Å². The summed E-state index contributed by atoms with van der Waals surface area (Å²) >= 11 is 7.80. The van der Waals surface area contributed by atoms with Gasteiger partial charge in [-0.15, -0.1) is 0 Å². The fourth-order valence-electron chi connectivity index (χ4n) is 3.28. The Bertz CT molecular complexity index is 1220. The van der Waals surface area contributed by atoms with Gasteiger partial charge in [0.25, 0.3) is 5.91 Å². The number of hydrogen-bond acceptors (Lipinski definition) is 5. The van der Waals surface area contributed by atoms with E-state index in [-0.39, 0.29) is 5.91 Å².